The Kier molecular flexibility index (Phi) is 5.39. The topological polar surface area (TPSA) is 41.1 Å². The lowest BCUT2D eigenvalue weighted by atomic mass is 10.2. The van der Waals surface area contributed by atoms with E-state index >= 15 is 0 Å². The van der Waals surface area contributed by atoms with Gasteiger partial charge < -0.3 is 10.6 Å². The molecule has 3 nitrogen and oxygen atoms in total. The second-order valence-corrected chi connectivity index (χ2v) is 5.89. The van der Waals surface area contributed by atoms with Crippen LogP contribution in [0, 0.1) is 6.92 Å². The number of rotatable bonds is 5. The summed E-state index contributed by atoms with van der Waals surface area (Å²) >= 11 is 3.47. The van der Waals surface area contributed by atoms with E-state index in [0.717, 1.165) is 21.3 Å². The number of amides is 1. The molecule has 0 bridgehead atoms. The van der Waals surface area contributed by atoms with E-state index in [1.165, 1.54) is 0 Å². The average molecular weight is 347 g/mol. The number of anilines is 1. The lowest BCUT2D eigenvalue weighted by Crippen LogP contribution is -2.37. The highest BCUT2D eigenvalue weighted by molar-refractivity contribution is 9.10. The molecule has 2 N–H and O–H groups in total. The predicted octanol–water partition coefficient (Wildman–Crippen LogP) is 3.87. The van der Waals surface area contributed by atoms with Gasteiger partial charge in [-0.2, -0.15) is 0 Å². The molecule has 2 aromatic rings. The maximum Gasteiger partial charge on any atom is 0.242 e. The molecule has 0 aliphatic heterocycles. The third-order valence-electron chi connectivity index (χ3n) is 3.24. The number of benzene rings is 2. The summed E-state index contributed by atoms with van der Waals surface area (Å²) in [5.74, 6) is -0.0144. The van der Waals surface area contributed by atoms with Gasteiger partial charge in [0, 0.05) is 16.7 Å². The van der Waals surface area contributed by atoms with Gasteiger partial charge in [0.25, 0.3) is 0 Å². The average Bonchev–Trinajstić information content (AvgIpc) is 2.49. The Balaban J connectivity index is 1.88. The van der Waals surface area contributed by atoms with Gasteiger partial charge in [0.1, 0.15) is 6.04 Å². The minimum atomic E-state index is -0.283. The van der Waals surface area contributed by atoms with E-state index in [1.807, 2.05) is 62.4 Å². The molecule has 0 spiro atoms. The van der Waals surface area contributed by atoms with Crippen molar-refractivity contribution >= 4 is 27.5 Å². The quantitative estimate of drug-likeness (QED) is 0.862. The fraction of sp³-hybridized carbons (Fsp3) is 0.235. The van der Waals surface area contributed by atoms with Crippen molar-refractivity contribution in [3.63, 3.8) is 0 Å². The number of aryl methyl sites for hydroxylation is 1. The molecule has 0 radical (unpaired) electrons. The van der Waals surface area contributed by atoms with Gasteiger partial charge in [0.2, 0.25) is 5.91 Å². The maximum absolute atomic E-state index is 12.1. The van der Waals surface area contributed by atoms with Crippen LogP contribution in [0.25, 0.3) is 0 Å². The van der Waals surface area contributed by atoms with E-state index in [4.69, 9.17) is 0 Å². The monoisotopic (exact) mass is 346 g/mol. The highest BCUT2D eigenvalue weighted by Gasteiger charge is 2.12. The van der Waals surface area contributed by atoms with Gasteiger partial charge in [-0.15, -0.1) is 0 Å². The van der Waals surface area contributed by atoms with Crippen molar-refractivity contribution in [1.29, 1.82) is 0 Å². The number of carbonyl (C=O) groups is 1. The highest BCUT2D eigenvalue weighted by atomic mass is 79.9. The van der Waals surface area contributed by atoms with Gasteiger partial charge in [-0.05, 0) is 43.2 Å². The molecule has 0 aliphatic rings. The molecule has 2 rings (SSSR count). The summed E-state index contributed by atoms with van der Waals surface area (Å²) in [4.78, 5) is 12.1. The summed E-state index contributed by atoms with van der Waals surface area (Å²) in [6.07, 6.45) is 0. The largest absolute Gasteiger partial charge is 0.374 e. The molecular weight excluding hydrogens is 328 g/mol. The lowest BCUT2D eigenvalue weighted by molar-refractivity contribution is -0.121. The first kappa shape index (κ1) is 15.6. The van der Waals surface area contributed by atoms with Gasteiger partial charge in [-0.3, -0.25) is 4.79 Å². The molecule has 4 heteroatoms. The fourth-order valence-corrected chi connectivity index (χ4v) is 2.23. The van der Waals surface area contributed by atoms with E-state index < -0.39 is 0 Å². The first-order valence-electron chi connectivity index (χ1n) is 6.90. The molecule has 0 fully saturated rings. The molecule has 1 amide bonds. The van der Waals surface area contributed by atoms with Crippen molar-refractivity contribution in [1.82, 2.24) is 5.32 Å². The fourth-order valence-electron chi connectivity index (χ4n) is 1.99. The van der Waals surface area contributed by atoms with Crippen molar-refractivity contribution < 1.29 is 4.79 Å². The van der Waals surface area contributed by atoms with Crippen LogP contribution in [0.4, 0.5) is 5.69 Å². The third-order valence-corrected chi connectivity index (χ3v) is 4.13. The molecule has 0 aromatic heterocycles. The minimum absolute atomic E-state index is 0.0144. The minimum Gasteiger partial charge on any atom is -0.374 e. The first-order chi connectivity index (χ1) is 10.1. The second-order valence-electron chi connectivity index (χ2n) is 5.03. The molecule has 21 heavy (non-hydrogen) atoms. The molecule has 2 aromatic carbocycles. The van der Waals surface area contributed by atoms with Gasteiger partial charge in [-0.25, -0.2) is 0 Å². The third kappa shape index (κ3) is 4.60. The van der Waals surface area contributed by atoms with Crippen molar-refractivity contribution in [3.8, 4) is 0 Å². The van der Waals surface area contributed by atoms with E-state index in [0.29, 0.717) is 6.54 Å². The standard InChI is InChI=1S/C17H19BrN2O/c1-12-10-15(8-9-16(12)18)20-13(2)17(21)19-11-14-6-4-3-5-7-14/h3-10,13,20H,11H2,1-2H3,(H,19,21)/t13-/m0/s1. The normalized spacial score (nSPS) is 11.8. The molecule has 0 unspecified atom stereocenters. The summed E-state index contributed by atoms with van der Waals surface area (Å²) in [6, 6.07) is 15.6. The Labute approximate surface area is 133 Å². The highest BCUT2D eigenvalue weighted by Crippen LogP contribution is 2.20. The molecule has 1 atom stereocenters. The van der Waals surface area contributed by atoms with Crippen molar-refractivity contribution in [2.24, 2.45) is 0 Å². The van der Waals surface area contributed by atoms with E-state index in [-0.39, 0.29) is 11.9 Å². The van der Waals surface area contributed by atoms with Gasteiger partial charge >= 0.3 is 0 Å². The number of hydrogen-bond acceptors (Lipinski definition) is 2. The number of carbonyl (C=O) groups excluding carboxylic acids is 1. The molecule has 0 saturated heterocycles. The Morgan fingerprint density at radius 1 is 1.19 bits per heavy atom. The smallest absolute Gasteiger partial charge is 0.242 e. The molecule has 0 aliphatic carbocycles. The summed E-state index contributed by atoms with van der Waals surface area (Å²) in [7, 11) is 0. The van der Waals surface area contributed by atoms with Crippen LogP contribution in [0.3, 0.4) is 0 Å². The predicted molar refractivity (Wildman–Crippen MR) is 90.3 cm³/mol. The van der Waals surface area contributed by atoms with Gasteiger partial charge in [0.05, 0.1) is 0 Å². The second kappa shape index (κ2) is 7.27. The van der Waals surface area contributed by atoms with Crippen LogP contribution in [0.2, 0.25) is 0 Å². The van der Waals surface area contributed by atoms with Crippen LogP contribution in [0.15, 0.2) is 53.0 Å². The van der Waals surface area contributed by atoms with E-state index in [9.17, 15) is 4.79 Å². The van der Waals surface area contributed by atoms with Crippen molar-refractivity contribution in [2.45, 2.75) is 26.4 Å². The Bertz CT molecular complexity index is 613. The lowest BCUT2D eigenvalue weighted by Gasteiger charge is -2.16. The van der Waals surface area contributed by atoms with Crippen LogP contribution < -0.4 is 10.6 Å². The Morgan fingerprint density at radius 3 is 2.57 bits per heavy atom. The van der Waals surface area contributed by atoms with Crippen LogP contribution in [-0.4, -0.2) is 11.9 Å². The SMILES string of the molecule is Cc1cc(N[C@@H](C)C(=O)NCc2ccccc2)ccc1Br. The summed E-state index contributed by atoms with van der Waals surface area (Å²) in [6.45, 7) is 4.43. The molecule has 0 saturated carbocycles. The maximum atomic E-state index is 12.1. The summed E-state index contributed by atoms with van der Waals surface area (Å²) < 4.78 is 1.06. The van der Waals surface area contributed by atoms with E-state index in [1.54, 1.807) is 0 Å². The Hall–Kier alpha value is -1.81. The van der Waals surface area contributed by atoms with Crippen LogP contribution in [-0.2, 0) is 11.3 Å². The zero-order valence-electron chi connectivity index (χ0n) is 12.2. The number of hydrogen-bond donors (Lipinski definition) is 2. The zero-order chi connectivity index (χ0) is 15.2. The Morgan fingerprint density at radius 2 is 1.90 bits per heavy atom. The van der Waals surface area contributed by atoms with Crippen molar-refractivity contribution in [3.05, 3.63) is 64.1 Å². The van der Waals surface area contributed by atoms with Crippen LogP contribution >= 0.6 is 15.9 Å². The van der Waals surface area contributed by atoms with Crippen molar-refractivity contribution in [2.75, 3.05) is 5.32 Å². The summed E-state index contributed by atoms with van der Waals surface area (Å²) in [5, 5.41) is 6.15. The number of halogens is 1. The summed E-state index contributed by atoms with van der Waals surface area (Å²) in [5.41, 5.74) is 3.17. The number of nitrogens with one attached hydrogen (secondary N) is 2. The zero-order valence-corrected chi connectivity index (χ0v) is 13.8. The van der Waals surface area contributed by atoms with Crippen LogP contribution in [0.1, 0.15) is 18.1 Å². The van der Waals surface area contributed by atoms with Gasteiger partial charge in [-0.1, -0.05) is 46.3 Å². The van der Waals surface area contributed by atoms with Gasteiger partial charge in [0.15, 0.2) is 0 Å². The van der Waals surface area contributed by atoms with E-state index in [2.05, 4.69) is 26.6 Å². The first-order valence-corrected chi connectivity index (χ1v) is 7.70. The molecule has 110 valence electrons. The molecule has 0 heterocycles. The molecular formula is C17H19BrN2O. The van der Waals surface area contributed by atoms with Crippen LogP contribution in [0.5, 0.6) is 0 Å².